The van der Waals surface area contributed by atoms with E-state index >= 15 is 0 Å². The molecule has 2 atom stereocenters. The zero-order valence-corrected chi connectivity index (χ0v) is 24.0. The summed E-state index contributed by atoms with van der Waals surface area (Å²) in [6, 6.07) is 8.88. The number of hydrogen-bond donors (Lipinski definition) is 4. The van der Waals surface area contributed by atoms with Crippen molar-refractivity contribution in [3.8, 4) is 0 Å². The van der Waals surface area contributed by atoms with Crippen molar-refractivity contribution in [1.82, 2.24) is 21.3 Å². The number of carbonyl (C=O) groups excluding carboxylic acids is 3. The molecule has 0 heterocycles. The highest BCUT2D eigenvalue weighted by Gasteiger charge is 2.20. The Labute approximate surface area is 229 Å². The number of amides is 3. The van der Waals surface area contributed by atoms with Crippen LogP contribution in [0.1, 0.15) is 60.0 Å². The van der Waals surface area contributed by atoms with E-state index in [1.807, 2.05) is 13.8 Å². The molecular weight excluding hydrogens is 525 g/mol. The highest BCUT2D eigenvalue weighted by molar-refractivity contribution is 7.92. The summed E-state index contributed by atoms with van der Waals surface area (Å²) in [6.45, 7) is 8.51. The van der Waals surface area contributed by atoms with Crippen molar-refractivity contribution in [2.45, 2.75) is 39.8 Å². The van der Waals surface area contributed by atoms with Crippen LogP contribution < -0.4 is 25.6 Å². The molecule has 10 nitrogen and oxygen atoms in total. The van der Waals surface area contributed by atoms with E-state index in [4.69, 9.17) is 0 Å². The molecule has 0 aromatic heterocycles. The minimum absolute atomic E-state index is 0.0793. The minimum Gasteiger partial charge on any atom is -0.354 e. The van der Waals surface area contributed by atoms with Crippen LogP contribution in [0.3, 0.4) is 0 Å². The van der Waals surface area contributed by atoms with Crippen molar-refractivity contribution in [3.63, 3.8) is 0 Å². The van der Waals surface area contributed by atoms with Crippen LogP contribution >= 0.6 is 0 Å². The standard InChI is InChI=1S/C27H38FN5O5S/c1-17(2)16-31-25(34)19(4)29-11-12-30-26(35)21-13-22(15-24(14-21)33(5)39(6,37)38)27(36)32-18(3)20-7-9-23(28)10-8-20/h7-10,13-15,17-19,29H,11-12,16H2,1-6H3,(H,30,35)(H,31,34)(H,32,36)/t18-,19+/m1/s1. The van der Waals surface area contributed by atoms with Crippen molar-refractivity contribution < 1.29 is 27.2 Å². The Hall–Kier alpha value is -3.51. The first kappa shape index (κ1) is 31.7. The summed E-state index contributed by atoms with van der Waals surface area (Å²) in [6.07, 6.45) is 1.01. The van der Waals surface area contributed by atoms with E-state index in [9.17, 15) is 27.2 Å². The Morgan fingerprint density at radius 1 is 0.897 bits per heavy atom. The number of anilines is 1. The highest BCUT2D eigenvalue weighted by Crippen LogP contribution is 2.22. The Bertz CT molecular complexity index is 1270. The molecule has 0 radical (unpaired) electrons. The van der Waals surface area contributed by atoms with Gasteiger partial charge in [-0.1, -0.05) is 26.0 Å². The van der Waals surface area contributed by atoms with Gasteiger partial charge in [-0.2, -0.15) is 0 Å². The molecule has 0 aliphatic rings. The second-order valence-corrected chi connectivity index (χ2v) is 11.8. The number of benzene rings is 2. The van der Waals surface area contributed by atoms with Gasteiger partial charge >= 0.3 is 0 Å². The molecule has 2 aromatic carbocycles. The van der Waals surface area contributed by atoms with Crippen LogP contribution in [0.25, 0.3) is 0 Å². The van der Waals surface area contributed by atoms with Crippen LogP contribution in [-0.2, 0) is 14.8 Å². The molecule has 3 amide bonds. The van der Waals surface area contributed by atoms with Gasteiger partial charge in [0.2, 0.25) is 15.9 Å². The lowest BCUT2D eigenvalue weighted by molar-refractivity contribution is -0.122. The van der Waals surface area contributed by atoms with Gasteiger partial charge in [-0.15, -0.1) is 0 Å². The average molecular weight is 564 g/mol. The van der Waals surface area contributed by atoms with Crippen LogP contribution in [0.15, 0.2) is 42.5 Å². The third-order valence-electron chi connectivity index (χ3n) is 5.96. The molecule has 0 unspecified atom stereocenters. The summed E-state index contributed by atoms with van der Waals surface area (Å²) in [5.41, 5.74) is 0.978. The molecule has 0 aliphatic heterocycles. The van der Waals surface area contributed by atoms with Crippen molar-refractivity contribution in [1.29, 1.82) is 0 Å². The third-order valence-corrected chi connectivity index (χ3v) is 7.17. The third kappa shape index (κ3) is 9.95. The zero-order chi connectivity index (χ0) is 29.3. The molecular formula is C27H38FN5O5S. The van der Waals surface area contributed by atoms with Crippen LogP contribution in [0.2, 0.25) is 0 Å². The van der Waals surface area contributed by atoms with E-state index in [0.29, 0.717) is 24.6 Å². The number of nitrogens with one attached hydrogen (secondary N) is 4. The van der Waals surface area contributed by atoms with E-state index in [2.05, 4.69) is 21.3 Å². The second kappa shape index (κ2) is 14.0. The van der Waals surface area contributed by atoms with Gasteiger partial charge in [0.1, 0.15) is 5.82 Å². The van der Waals surface area contributed by atoms with E-state index < -0.39 is 39.7 Å². The molecule has 4 N–H and O–H groups in total. The Morgan fingerprint density at radius 3 is 2.05 bits per heavy atom. The number of nitrogens with zero attached hydrogens (tertiary/aromatic N) is 1. The molecule has 0 spiro atoms. The second-order valence-electron chi connectivity index (χ2n) is 9.82. The number of hydrogen-bond acceptors (Lipinski definition) is 6. The largest absolute Gasteiger partial charge is 0.354 e. The predicted molar refractivity (Wildman–Crippen MR) is 150 cm³/mol. The van der Waals surface area contributed by atoms with E-state index in [-0.39, 0.29) is 29.3 Å². The maximum absolute atomic E-state index is 13.3. The van der Waals surface area contributed by atoms with Crippen molar-refractivity contribution in [2.24, 2.45) is 5.92 Å². The van der Waals surface area contributed by atoms with Crippen LogP contribution in [0.4, 0.5) is 10.1 Å². The van der Waals surface area contributed by atoms with Gasteiger partial charge in [0.25, 0.3) is 11.8 Å². The quantitative estimate of drug-likeness (QED) is 0.276. The number of rotatable bonds is 13. The van der Waals surface area contributed by atoms with Gasteiger partial charge < -0.3 is 21.3 Å². The number of halogens is 1. The fourth-order valence-electron chi connectivity index (χ4n) is 3.48. The fraction of sp³-hybridized carbons (Fsp3) is 0.444. The summed E-state index contributed by atoms with van der Waals surface area (Å²) in [4.78, 5) is 38.1. The first-order valence-corrected chi connectivity index (χ1v) is 14.5. The smallest absolute Gasteiger partial charge is 0.251 e. The molecule has 0 fully saturated rings. The minimum atomic E-state index is -3.67. The molecule has 0 bridgehead atoms. The topological polar surface area (TPSA) is 137 Å². The molecule has 0 saturated heterocycles. The normalized spacial score (nSPS) is 12.9. The van der Waals surface area contributed by atoms with Gasteiger partial charge in [0.15, 0.2) is 0 Å². The van der Waals surface area contributed by atoms with E-state index in [0.717, 1.165) is 10.6 Å². The van der Waals surface area contributed by atoms with Crippen molar-refractivity contribution >= 4 is 33.4 Å². The Balaban J connectivity index is 2.14. The summed E-state index contributed by atoms with van der Waals surface area (Å²) in [5, 5.41) is 11.4. The van der Waals surface area contributed by atoms with E-state index in [1.165, 1.54) is 37.4 Å². The molecule has 214 valence electrons. The molecule has 2 rings (SSSR count). The fourth-order valence-corrected chi connectivity index (χ4v) is 3.97. The zero-order valence-electron chi connectivity index (χ0n) is 23.2. The van der Waals surface area contributed by atoms with Crippen LogP contribution in [0, 0.1) is 11.7 Å². The lowest BCUT2D eigenvalue weighted by Gasteiger charge is -2.20. The first-order chi connectivity index (χ1) is 18.2. The SMILES string of the molecule is CC(C)CNC(=O)[C@H](C)NCCNC(=O)c1cc(C(=O)N[C@H](C)c2ccc(F)cc2)cc(N(C)S(C)(=O)=O)c1. The maximum Gasteiger partial charge on any atom is 0.251 e. The lowest BCUT2D eigenvalue weighted by Crippen LogP contribution is -2.45. The van der Waals surface area contributed by atoms with Gasteiger partial charge in [0, 0.05) is 37.8 Å². The highest BCUT2D eigenvalue weighted by atomic mass is 32.2. The predicted octanol–water partition coefficient (Wildman–Crippen LogP) is 2.19. The molecule has 0 aliphatic carbocycles. The summed E-state index contributed by atoms with van der Waals surface area (Å²) in [7, 11) is -2.35. The van der Waals surface area contributed by atoms with Crippen molar-refractivity contribution in [2.75, 3.05) is 37.2 Å². The molecule has 12 heteroatoms. The Kier molecular flexibility index (Phi) is 11.4. The maximum atomic E-state index is 13.3. The number of sulfonamides is 1. The van der Waals surface area contributed by atoms with E-state index in [1.54, 1.807) is 26.0 Å². The van der Waals surface area contributed by atoms with Crippen LogP contribution in [-0.4, -0.2) is 65.1 Å². The average Bonchev–Trinajstić information content (AvgIpc) is 2.88. The van der Waals surface area contributed by atoms with Crippen molar-refractivity contribution in [3.05, 3.63) is 65.0 Å². The van der Waals surface area contributed by atoms with Gasteiger partial charge in [-0.25, -0.2) is 12.8 Å². The molecule has 2 aromatic rings. The summed E-state index contributed by atoms with van der Waals surface area (Å²) < 4.78 is 38.5. The number of carbonyl (C=O) groups is 3. The molecule has 39 heavy (non-hydrogen) atoms. The Morgan fingerprint density at radius 2 is 1.49 bits per heavy atom. The lowest BCUT2D eigenvalue weighted by atomic mass is 10.1. The van der Waals surface area contributed by atoms with Gasteiger partial charge in [-0.05, 0) is 55.7 Å². The van der Waals surface area contributed by atoms with Gasteiger partial charge in [0.05, 0.1) is 24.0 Å². The van der Waals surface area contributed by atoms with Gasteiger partial charge in [-0.3, -0.25) is 18.7 Å². The first-order valence-electron chi connectivity index (χ1n) is 12.6. The monoisotopic (exact) mass is 563 g/mol. The molecule has 0 saturated carbocycles. The summed E-state index contributed by atoms with van der Waals surface area (Å²) in [5.74, 6) is -1.26. The summed E-state index contributed by atoms with van der Waals surface area (Å²) >= 11 is 0. The van der Waals surface area contributed by atoms with Crippen LogP contribution in [0.5, 0.6) is 0 Å².